The van der Waals surface area contributed by atoms with Crippen molar-refractivity contribution < 1.29 is 19.2 Å². The Kier molecular flexibility index (Phi) is 4.54. The van der Waals surface area contributed by atoms with Crippen molar-refractivity contribution in [1.29, 1.82) is 0 Å². The zero-order chi connectivity index (χ0) is 15.6. The molecule has 0 saturated carbocycles. The molecule has 21 heavy (non-hydrogen) atoms. The lowest BCUT2D eigenvalue weighted by Gasteiger charge is -2.11. The van der Waals surface area contributed by atoms with Crippen LogP contribution in [0, 0.1) is 15.9 Å². The van der Waals surface area contributed by atoms with E-state index in [1.807, 2.05) is 0 Å². The Balaban J connectivity index is 2.37. The largest absolute Gasteiger partial charge is 0.449 e. The predicted molar refractivity (Wildman–Crippen MR) is 77.9 cm³/mol. The van der Waals surface area contributed by atoms with Crippen LogP contribution in [0.15, 0.2) is 40.9 Å². The maximum Gasteiger partial charge on any atom is 0.314 e. The van der Waals surface area contributed by atoms with Crippen LogP contribution in [-0.2, 0) is 0 Å². The Bertz CT molecular complexity index is 691. The molecule has 5 nitrogen and oxygen atoms in total. The number of benzene rings is 2. The molecule has 2 rings (SSSR count). The number of rotatable bonds is 4. The highest BCUT2D eigenvalue weighted by Gasteiger charge is 2.18. The molecule has 0 aliphatic heterocycles. The van der Waals surface area contributed by atoms with Gasteiger partial charge in [0.25, 0.3) is 0 Å². The van der Waals surface area contributed by atoms with Gasteiger partial charge in [-0.15, -0.1) is 0 Å². The van der Waals surface area contributed by atoms with Gasteiger partial charge in [0.2, 0.25) is 5.75 Å². The van der Waals surface area contributed by atoms with E-state index >= 15 is 0 Å². The molecule has 0 aliphatic rings. The number of nitro benzene ring substituents is 1. The molecule has 0 heterocycles. The van der Waals surface area contributed by atoms with Crippen molar-refractivity contribution in [3.8, 4) is 11.5 Å². The van der Waals surface area contributed by atoms with Crippen LogP contribution in [0.2, 0.25) is 0 Å². The van der Waals surface area contributed by atoms with E-state index in [4.69, 9.17) is 4.74 Å². The van der Waals surface area contributed by atoms with Gasteiger partial charge >= 0.3 is 5.69 Å². The predicted octanol–water partition coefficient (Wildman–Crippen LogP) is 4.34. The van der Waals surface area contributed by atoms with Crippen molar-refractivity contribution in [3.63, 3.8) is 0 Å². The Morgan fingerprint density at radius 2 is 1.95 bits per heavy atom. The van der Waals surface area contributed by atoms with E-state index in [1.54, 1.807) is 25.1 Å². The van der Waals surface area contributed by atoms with E-state index in [-0.39, 0.29) is 5.75 Å². The normalized spacial score (nSPS) is 12.0. The minimum absolute atomic E-state index is 0.0631. The van der Waals surface area contributed by atoms with Gasteiger partial charge in [0.05, 0.1) is 21.6 Å². The molecule has 0 aliphatic carbocycles. The van der Waals surface area contributed by atoms with Crippen LogP contribution < -0.4 is 4.74 Å². The lowest BCUT2D eigenvalue weighted by Crippen LogP contribution is -1.96. The highest BCUT2D eigenvalue weighted by molar-refractivity contribution is 9.10. The van der Waals surface area contributed by atoms with Crippen molar-refractivity contribution in [2.24, 2.45) is 0 Å². The highest BCUT2D eigenvalue weighted by Crippen LogP contribution is 2.36. The third kappa shape index (κ3) is 3.56. The standard InChI is InChI=1S/C14H11BrFNO4/c1-8(18)9-2-4-13(11(15)6-9)21-14-5-3-10(16)7-12(14)17(19)20/h2-8,18H,1H3. The van der Waals surface area contributed by atoms with Crippen LogP contribution in [0.5, 0.6) is 11.5 Å². The zero-order valence-electron chi connectivity index (χ0n) is 10.9. The van der Waals surface area contributed by atoms with Crippen molar-refractivity contribution in [1.82, 2.24) is 0 Å². The first-order chi connectivity index (χ1) is 9.88. The first kappa shape index (κ1) is 15.4. The van der Waals surface area contributed by atoms with E-state index in [1.165, 1.54) is 6.07 Å². The fraction of sp³-hybridized carbons (Fsp3) is 0.143. The number of nitrogens with zero attached hydrogens (tertiary/aromatic N) is 1. The van der Waals surface area contributed by atoms with E-state index in [9.17, 15) is 19.6 Å². The van der Waals surface area contributed by atoms with Crippen molar-refractivity contribution in [2.45, 2.75) is 13.0 Å². The Labute approximate surface area is 128 Å². The van der Waals surface area contributed by atoms with Gasteiger partial charge in [0.15, 0.2) is 0 Å². The second kappa shape index (κ2) is 6.19. The molecule has 0 fully saturated rings. The van der Waals surface area contributed by atoms with E-state index in [2.05, 4.69) is 15.9 Å². The van der Waals surface area contributed by atoms with Gasteiger partial charge in [-0.2, -0.15) is 0 Å². The number of hydrogen-bond acceptors (Lipinski definition) is 4. The number of hydrogen-bond donors (Lipinski definition) is 1. The van der Waals surface area contributed by atoms with Crippen LogP contribution in [0.3, 0.4) is 0 Å². The van der Waals surface area contributed by atoms with Gasteiger partial charge < -0.3 is 9.84 Å². The summed E-state index contributed by atoms with van der Waals surface area (Å²) in [6, 6.07) is 7.94. The molecular formula is C14H11BrFNO4. The molecule has 1 N–H and O–H groups in total. The summed E-state index contributed by atoms with van der Waals surface area (Å²) < 4.78 is 19.1. The molecule has 0 radical (unpaired) electrons. The smallest absolute Gasteiger partial charge is 0.314 e. The average Bonchev–Trinajstić information content (AvgIpc) is 2.42. The Morgan fingerprint density at radius 1 is 1.29 bits per heavy atom. The Morgan fingerprint density at radius 3 is 2.52 bits per heavy atom. The van der Waals surface area contributed by atoms with Gasteiger partial charge in [-0.25, -0.2) is 4.39 Å². The quantitative estimate of drug-likeness (QED) is 0.653. The number of ether oxygens (including phenoxy) is 1. The summed E-state index contributed by atoms with van der Waals surface area (Å²) >= 11 is 3.27. The highest BCUT2D eigenvalue weighted by atomic mass is 79.9. The molecule has 0 spiro atoms. The SMILES string of the molecule is CC(O)c1ccc(Oc2ccc(F)cc2[N+](=O)[O-])c(Br)c1. The lowest BCUT2D eigenvalue weighted by atomic mass is 10.1. The number of nitro groups is 1. The first-order valence-electron chi connectivity index (χ1n) is 5.98. The van der Waals surface area contributed by atoms with Crippen LogP contribution in [0.1, 0.15) is 18.6 Å². The molecule has 2 aromatic carbocycles. The number of aliphatic hydroxyl groups is 1. The lowest BCUT2D eigenvalue weighted by molar-refractivity contribution is -0.385. The first-order valence-corrected chi connectivity index (χ1v) is 6.77. The number of aliphatic hydroxyl groups excluding tert-OH is 1. The van der Waals surface area contributed by atoms with Gasteiger partial charge in [-0.05, 0) is 52.7 Å². The maximum absolute atomic E-state index is 13.1. The molecule has 110 valence electrons. The third-order valence-corrected chi connectivity index (χ3v) is 3.40. The van der Waals surface area contributed by atoms with Crippen LogP contribution >= 0.6 is 15.9 Å². The van der Waals surface area contributed by atoms with Gasteiger partial charge in [0.1, 0.15) is 11.6 Å². The third-order valence-electron chi connectivity index (χ3n) is 2.78. The molecule has 2 aromatic rings. The summed E-state index contributed by atoms with van der Waals surface area (Å²) in [4.78, 5) is 10.2. The monoisotopic (exact) mass is 355 g/mol. The van der Waals surface area contributed by atoms with Gasteiger partial charge in [0, 0.05) is 0 Å². The molecule has 1 atom stereocenters. The molecule has 0 amide bonds. The summed E-state index contributed by atoms with van der Waals surface area (Å²) in [6.07, 6.45) is -0.643. The molecule has 0 saturated heterocycles. The van der Waals surface area contributed by atoms with Crippen LogP contribution in [-0.4, -0.2) is 10.0 Å². The Hall–Kier alpha value is -1.99. The second-order valence-corrected chi connectivity index (χ2v) is 5.19. The van der Waals surface area contributed by atoms with E-state index < -0.39 is 22.5 Å². The van der Waals surface area contributed by atoms with Crippen molar-refractivity contribution in [2.75, 3.05) is 0 Å². The van der Waals surface area contributed by atoms with Crippen molar-refractivity contribution in [3.05, 3.63) is 62.4 Å². The van der Waals surface area contributed by atoms with E-state index in [0.717, 1.165) is 12.1 Å². The number of halogens is 2. The minimum Gasteiger partial charge on any atom is -0.449 e. The maximum atomic E-state index is 13.1. The summed E-state index contributed by atoms with van der Waals surface area (Å²) in [5.74, 6) is -0.446. The molecule has 0 aromatic heterocycles. The average molecular weight is 356 g/mol. The minimum atomic E-state index is -0.712. The molecule has 0 bridgehead atoms. The molecule has 1 unspecified atom stereocenters. The molecular weight excluding hydrogens is 345 g/mol. The van der Waals surface area contributed by atoms with Crippen LogP contribution in [0.25, 0.3) is 0 Å². The van der Waals surface area contributed by atoms with Crippen LogP contribution in [0.4, 0.5) is 10.1 Å². The summed E-state index contributed by atoms with van der Waals surface area (Å²) in [5, 5.41) is 20.4. The molecule has 7 heteroatoms. The van der Waals surface area contributed by atoms with Crippen molar-refractivity contribution >= 4 is 21.6 Å². The van der Waals surface area contributed by atoms with Gasteiger partial charge in [-0.1, -0.05) is 6.07 Å². The van der Waals surface area contributed by atoms with Gasteiger partial charge in [-0.3, -0.25) is 10.1 Å². The summed E-state index contributed by atoms with van der Waals surface area (Å²) in [5.41, 5.74) is 0.212. The zero-order valence-corrected chi connectivity index (χ0v) is 12.5. The second-order valence-electron chi connectivity index (χ2n) is 4.34. The summed E-state index contributed by atoms with van der Waals surface area (Å²) in [7, 11) is 0. The topological polar surface area (TPSA) is 72.6 Å². The fourth-order valence-corrected chi connectivity index (χ4v) is 2.18. The fourth-order valence-electron chi connectivity index (χ4n) is 1.70. The summed E-state index contributed by atoms with van der Waals surface area (Å²) in [6.45, 7) is 1.62. The van der Waals surface area contributed by atoms with E-state index in [0.29, 0.717) is 15.8 Å².